The van der Waals surface area contributed by atoms with Gasteiger partial charge in [0.25, 0.3) is 0 Å². The predicted molar refractivity (Wildman–Crippen MR) is 168 cm³/mol. The van der Waals surface area contributed by atoms with E-state index in [1.807, 2.05) is 30.9 Å². The van der Waals surface area contributed by atoms with Gasteiger partial charge in [-0.05, 0) is 18.8 Å². The first-order valence-electron chi connectivity index (χ1n) is 15.1. The van der Waals surface area contributed by atoms with E-state index in [1.165, 1.54) is 22.9 Å². The van der Waals surface area contributed by atoms with Gasteiger partial charge in [-0.3, -0.25) is 0 Å². The van der Waals surface area contributed by atoms with Crippen molar-refractivity contribution in [3.05, 3.63) is 54.2 Å². The number of rotatable bonds is 10. The van der Waals surface area contributed by atoms with Crippen molar-refractivity contribution in [3.63, 3.8) is 0 Å². The van der Waals surface area contributed by atoms with Crippen LogP contribution in [0.5, 0.6) is 5.88 Å². The predicted octanol–water partition coefficient (Wildman–Crippen LogP) is 5.52. The van der Waals surface area contributed by atoms with Crippen LogP contribution in [0.15, 0.2) is 53.6 Å². The molecule has 2 aromatic heterocycles. The Morgan fingerprint density at radius 3 is 2.38 bits per heavy atom. The maximum absolute atomic E-state index is 13.6. The number of aromatic nitrogens is 3. The van der Waals surface area contributed by atoms with E-state index in [1.54, 1.807) is 18.3 Å². The van der Waals surface area contributed by atoms with E-state index >= 15 is 0 Å². The van der Waals surface area contributed by atoms with E-state index in [9.17, 15) is 26.4 Å². The van der Waals surface area contributed by atoms with Gasteiger partial charge in [-0.1, -0.05) is 6.92 Å². The number of hydrogen-bond acceptors (Lipinski definition) is 7. The third-order valence-corrected chi connectivity index (χ3v) is 14.3. The summed E-state index contributed by atoms with van der Waals surface area (Å²) >= 11 is -2.16. The molecule has 1 aliphatic carbocycles. The van der Waals surface area contributed by atoms with Gasteiger partial charge in [-0.2, -0.15) is 13.2 Å². The monoisotopic (exact) mass is 709 g/mol. The zero-order chi connectivity index (χ0) is 32.9. The zero-order valence-electron chi connectivity index (χ0n) is 26.4. The number of carbonyl (C=O) groups excluding carboxylic acids is 1. The summed E-state index contributed by atoms with van der Waals surface area (Å²) in [7, 11) is -4.15. The van der Waals surface area contributed by atoms with Crippen LogP contribution in [-0.4, -0.2) is 67.2 Å². The number of halogens is 3. The molecule has 0 bridgehead atoms. The Labute approximate surface area is 265 Å². The van der Waals surface area contributed by atoms with Crippen molar-refractivity contribution in [1.29, 1.82) is 0 Å². The van der Waals surface area contributed by atoms with Gasteiger partial charge >= 0.3 is 186 Å². The van der Waals surface area contributed by atoms with Crippen LogP contribution in [0.2, 0.25) is 17.3 Å². The standard InChI is InChI=1S/C31H40F3GeN5O4S/c1-20-18-30(2,3)39(19-20)28-24(29(41)38-45(42,43)23-9-7-22(8-10-23)35(4,5)6)11-12-26(36-28)40-15-13-27(37-40)44-16-14-21-17-25(21)31(32,33)34/h7-13,15,20-21,25H,14,16-19H2,1-6H3,(H,38,41)/t20-,21?,25?/m0/s1. The molecule has 14 heteroatoms. The summed E-state index contributed by atoms with van der Waals surface area (Å²) in [6.45, 7) is 6.93. The summed E-state index contributed by atoms with van der Waals surface area (Å²) in [6, 6.07) is 11.4. The number of nitrogens with zero attached hydrogens (tertiary/aromatic N) is 4. The molecule has 0 radical (unpaired) electrons. The average molecular weight is 708 g/mol. The number of alkyl halides is 3. The first-order chi connectivity index (χ1) is 20.8. The summed E-state index contributed by atoms with van der Waals surface area (Å²) < 4.78 is 75.4. The average Bonchev–Trinajstić information content (AvgIpc) is 3.48. The molecular weight excluding hydrogens is 668 g/mol. The van der Waals surface area contributed by atoms with Crippen LogP contribution < -0.4 is 18.8 Å². The molecule has 3 heterocycles. The van der Waals surface area contributed by atoms with Crippen LogP contribution >= 0.6 is 0 Å². The van der Waals surface area contributed by atoms with Crippen LogP contribution in [0.3, 0.4) is 0 Å². The van der Waals surface area contributed by atoms with Crippen LogP contribution in [0.4, 0.5) is 19.0 Å². The number of anilines is 1. The fraction of sp³-hybridized carbons (Fsp3) is 0.516. The Morgan fingerprint density at radius 2 is 1.80 bits per heavy atom. The number of sulfonamides is 1. The molecule has 1 aromatic carbocycles. The van der Waals surface area contributed by atoms with Gasteiger partial charge < -0.3 is 4.74 Å². The summed E-state index contributed by atoms with van der Waals surface area (Å²) in [5.41, 5.74) is -0.249. The van der Waals surface area contributed by atoms with E-state index in [0.717, 1.165) is 10.8 Å². The summed E-state index contributed by atoms with van der Waals surface area (Å²) in [6.07, 6.45) is -1.28. The van der Waals surface area contributed by atoms with Crippen LogP contribution in [0.1, 0.15) is 50.4 Å². The van der Waals surface area contributed by atoms with E-state index < -0.39 is 47.2 Å². The molecule has 3 aromatic rings. The van der Waals surface area contributed by atoms with Crippen molar-refractivity contribution < 1.29 is 31.1 Å². The van der Waals surface area contributed by atoms with Crippen molar-refractivity contribution in [2.45, 2.75) is 73.9 Å². The second-order valence-corrected chi connectivity index (χ2v) is 26.2. The summed E-state index contributed by atoms with van der Waals surface area (Å²) in [5.74, 6) is 5.43. The van der Waals surface area contributed by atoms with Crippen LogP contribution in [0, 0.1) is 17.8 Å². The third kappa shape index (κ3) is 7.50. The Bertz CT molecular complexity index is 1670. The Hall–Kier alpha value is -3.07. The Kier molecular flexibility index (Phi) is 8.84. The van der Waals surface area contributed by atoms with Gasteiger partial charge in [-0.25, -0.2) is 0 Å². The molecule has 1 saturated heterocycles. The number of carbonyl (C=O) groups is 1. The normalized spacial score (nSPS) is 21.5. The van der Waals surface area contributed by atoms with Gasteiger partial charge in [0.1, 0.15) is 0 Å². The summed E-state index contributed by atoms with van der Waals surface area (Å²) in [4.78, 5) is 20.4. The molecule has 45 heavy (non-hydrogen) atoms. The number of hydrogen-bond donors (Lipinski definition) is 1. The van der Waals surface area contributed by atoms with Gasteiger partial charge in [0.2, 0.25) is 5.88 Å². The second kappa shape index (κ2) is 11.9. The molecule has 2 fully saturated rings. The fourth-order valence-electron chi connectivity index (χ4n) is 6.07. The van der Waals surface area contributed by atoms with Crippen LogP contribution in [-0.2, 0) is 10.0 Å². The maximum atomic E-state index is 13.6. The number of benzene rings is 1. The molecule has 244 valence electrons. The molecule has 3 atom stereocenters. The minimum atomic E-state index is -4.16. The topological polar surface area (TPSA) is 106 Å². The van der Waals surface area contributed by atoms with Gasteiger partial charge in [-0.15, -0.1) is 5.10 Å². The zero-order valence-corrected chi connectivity index (χ0v) is 29.3. The van der Waals surface area contributed by atoms with Gasteiger partial charge in [0, 0.05) is 12.3 Å². The minimum absolute atomic E-state index is 0.00665. The molecule has 1 aliphatic heterocycles. The first kappa shape index (κ1) is 33.3. The Balaban J connectivity index is 1.37. The molecule has 1 N–H and O–H groups in total. The quantitative estimate of drug-likeness (QED) is 0.277. The number of amides is 1. The van der Waals surface area contributed by atoms with Gasteiger partial charge in [0.15, 0.2) is 0 Å². The van der Waals surface area contributed by atoms with E-state index in [-0.39, 0.29) is 41.3 Å². The molecule has 5 rings (SSSR count). The van der Waals surface area contributed by atoms with Crippen molar-refractivity contribution in [1.82, 2.24) is 19.5 Å². The molecule has 2 unspecified atom stereocenters. The fourth-order valence-corrected chi connectivity index (χ4v) is 9.49. The van der Waals surface area contributed by atoms with Crippen molar-refractivity contribution >= 4 is 39.4 Å². The molecule has 9 nitrogen and oxygen atoms in total. The second-order valence-electron chi connectivity index (χ2n) is 13.9. The van der Waals surface area contributed by atoms with E-state index in [0.29, 0.717) is 24.1 Å². The number of nitrogens with one attached hydrogen (secondary N) is 1. The van der Waals surface area contributed by atoms with E-state index in [4.69, 9.17) is 9.72 Å². The van der Waals surface area contributed by atoms with Gasteiger partial charge in [0.05, 0.1) is 12.5 Å². The SMILES string of the molecule is C[C@@H]1CN(c2nc(-n3ccc(OCCC4CC4C(F)(F)F)n3)ccc2C(=O)NS(=O)(=O)c2cc[c]([Ge]([CH3])([CH3])[CH3])cc2)C(C)(C)C1. The number of pyridine rings is 1. The molecule has 0 spiro atoms. The molecular formula is C31H40F3GeN5O4S. The molecule has 2 aliphatic rings. The molecule has 1 saturated carbocycles. The number of ether oxygens (including phenoxy) is 1. The van der Waals surface area contributed by atoms with Crippen molar-refractivity contribution in [2.24, 2.45) is 17.8 Å². The first-order valence-corrected chi connectivity index (χ1v) is 23.9. The van der Waals surface area contributed by atoms with Crippen molar-refractivity contribution in [2.75, 3.05) is 18.1 Å². The van der Waals surface area contributed by atoms with Crippen LogP contribution in [0.25, 0.3) is 5.82 Å². The Morgan fingerprint density at radius 1 is 1.11 bits per heavy atom. The third-order valence-electron chi connectivity index (χ3n) is 8.57. The molecule has 1 amide bonds. The summed E-state index contributed by atoms with van der Waals surface area (Å²) in [5, 5.41) is 4.38. The van der Waals surface area contributed by atoms with E-state index in [2.05, 4.69) is 34.0 Å². The van der Waals surface area contributed by atoms with Crippen molar-refractivity contribution in [3.8, 4) is 11.7 Å².